The highest BCUT2D eigenvalue weighted by atomic mass is 16.4. The molecule has 0 aromatic rings. The van der Waals surface area contributed by atoms with E-state index in [-0.39, 0.29) is 36.4 Å². The van der Waals surface area contributed by atoms with Crippen LogP contribution in [0.4, 0.5) is 0 Å². The number of ketones is 1. The Morgan fingerprint density at radius 2 is 1.52 bits per heavy atom. The van der Waals surface area contributed by atoms with E-state index < -0.39 is 11.9 Å². The van der Waals surface area contributed by atoms with Gasteiger partial charge in [-0.05, 0) is 73.5 Å². The number of aliphatic carboxylic acids is 2. The molecule has 4 aliphatic rings. The quantitative estimate of drug-likeness (QED) is 0.489. The summed E-state index contributed by atoms with van der Waals surface area (Å²) in [4.78, 5) is 30.8. The second kappa shape index (κ2) is 11.3. The lowest BCUT2D eigenvalue weighted by molar-refractivity contribution is -0.173. The van der Waals surface area contributed by atoms with Crippen molar-refractivity contribution in [3.63, 3.8) is 0 Å². The molecule has 4 N–H and O–H groups in total. The van der Waals surface area contributed by atoms with Crippen LogP contribution in [-0.2, 0) is 14.4 Å². The number of aliphatic hydroxyl groups excluding tert-OH is 2. The standard InChI is InChI=1S/C20H32O3.2C3H6O2/c1-12-9-14(22)10-13-3-4-15-16-5-6-18(23)19(16,2)8-7-17(15)20(12,13)11-21;2*1-2-3(4)5/h12-13,15-18,21,23H,3-11H2,1-2H3;2*2H2,1H3,(H,4,5)/t12-,13-,15-,16-,17-,18-,19-,20-;;/m0../s1. The summed E-state index contributed by atoms with van der Waals surface area (Å²) in [6.45, 7) is 7.96. The number of hydrogen-bond acceptors (Lipinski definition) is 5. The summed E-state index contributed by atoms with van der Waals surface area (Å²) in [5.41, 5.74) is 0.0596. The first-order valence-corrected chi connectivity index (χ1v) is 12.7. The van der Waals surface area contributed by atoms with Crippen molar-refractivity contribution in [1.29, 1.82) is 0 Å². The van der Waals surface area contributed by atoms with Gasteiger partial charge in [-0.25, -0.2) is 0 Å². The van der Waals surface area contributed by atoms with Crippen molar-refractivity contribution in [2.75, 3.05) is 6.61 Å². The molecule has 4 aliphatic carbocycles. The van der Waals surface area contributed by atoms with Crippen LogP contribution in [0.15, 0.2) is 0 Å². The molecule has 190 valence electrons. The fourth-order valence-corrected chi connectivity index (χ4v) is 7.65. The van der Waals surface area contributed by atoms with Gasteiger partial charge in [-0.3, -0.25) is 14.4 Å². The Morgan fingerprint density at radius 3 is 2.03 bits per heavy atom. The second-order valence-electron chi connectivity index (χ2n) is 10.9. The van der Waals surface area contributed by atoms with E-state index >= 15 is 0 Å². The normalized spacial score (nSPS) is 41.2. The van der Waals surface area contributed by atoms with Gasteiger partial charge in [0.15, 0.2) is 0 Å². The van der Waals surface area contributed by atoms with E-state index in [0.717, 1.165) is 32.1 Å². The number of carboxylic acid groups (broad SMARTS) is 2. The number of carbonyl (C=O) groups excluding carboxylic acids is 1. The number of rotatable bonds is 3. The minimum Gasteiger partial charge on any atom is -0.481 e. The maximum absolute atomic E-state index is 12.1. The molecule has 0 amide bonds. The van der Waals surface area contributed by atoms with Gasteiger partial charge in [-0.1, -0.05) is 27.7 Å². The number of Topliss-reactive ketones (excluding diaryl/α,β-unsaturated/α-hetero) is 1. The van der Waals surface area contributed by atoms with Gasteiger partial charge in [-0.15, -0.1) is 0 Å². The van der Waals surface area contributed by atoms with Crippen molar-refractivity contribution in [2.24, 2.45) is 40.4 Å². The van der Waals surface area contributed by atoms with E-state index in [2.05, 4.69) is 13.8 Å². The zero-order valence-electron chi connectivity index (χ0n) is 20.8. The summed E-state index contributed by atoms with van der Waals surface area (Å²) >= 11 is 0. The Labute approximate surface area is 198 Å². The van der Waals surface area contributed by atoms with Crippen molar-refractivity contribution in [3.05, 3.63) is 0 Å². The molecule has 7 heteroatoms. The molecule has 0 bridgehead atoms. The first kappa shape index (κ1) is 27.8. The van der Waals surface area contributed by atoms with Gasteiger partial charge in [0.1, 0.15) is 5.78 Å². The minimum atomic E-state index is -0.745. The van der Waals surface area contributed by atoms with E-state index in [4.69, 9.17) is 10.2 Å². The van der Waals surface area contributed by atoms with Gasteiger partial charge in [-0.2, -0.15) is 0 Å². The van der Waals surface area contributed by atoms with Crippen molar-refractivity contribution in [1.82, 2.24) is 0 Å². The summed E-state index contributed by atoms with van der Waals surface area (Å²) < 4.78 is 0. The summed E-state index contributed by atoms with van der Waals surface area (Å²) in [5, 5.41) is 36.4. The lowest BCUT2D eigenvalue weighted by Crippen LogP contribution is -2.59. The Morgan fingerprint density at radius 1 is 0.939 bits per heavy atom. The van der Waals surface area contributed by atoms with E-state index in [1.54, 1.807) is 13.8 Å². The lowest BCUT2D eigenvalue weighted by atomic mass is 9.42. The number of carboxylic acids is 2. The average Bonchev–Trinajstić information content (AvgIpc) is 3.08. The van der Waals surface area contributed by atoms with Crippen LogP contribution in [0.5, 0.6) is 0 Å². The van der Waals surface area contributed by atoms with Crippen molar-refractivity contribution in [2.45, 2.75) is 98.0 Å². The monoisotopic (exact) mass is 468 g/mol. The zero-order valence-corrected chi connectivity index (χ0v) is 20.8. The first-order valence-electron chi connectivity index (χ1n) is 12.7. The third kappa shape index (κ3) is 5.45. The van der Waals surface area contributed by atoms with E-state index in [1.165, 1.54) is 6.42 Å². The SMILES string of the molecule is CCC(=O)O.CCC(=O)O.C[C@H]1CC(=O)C[C@@H]2CC[C@H]3[C@@H]4CC[C@H](O)[C@@]4(C)CC[C@@H]3[C@]21CO. The number of hydrogen-bond donors (Lipinski definition) is 4. The highest BCUT2D eigenvalue weighted by molar-refractivity contribution is 5.80. The third-order valence-electron chi connectivity index (χ3n) is 9.49. The Bertz CT molecular complexity index is 693. The highest BCUT2D eigenvalue weighted by Crippen LogP contribution is 2.66. The Hall–Kier alpha value is -1.47. The summed E-state index contributed by atoms with van der Waals surface area (Å²) in [6, 6.07) is 0. The summed E-state index contributed by atoms with van der Waals surface area (Å²) in [5.74, 6) is 1.42. The second-order valence-corrected chi connectivity index (χ2v) is 10.9. The van der Waals surface area contributed by atoms with E-state index in [0.29, 0.717) is 48.2 Å². The highest BCUT2D eigenvalue weighted by Gasteiger charge is 2.63. The number of carbonyl (C=O) groups is 3. The molecule has 7 nitrogen and oxygen atoms in total. The Kier molecular flexibility index (Phi) is 9.51. The van der Waals surface area contributed by atoms with Crippen LogP contribution in [0.3, 0.4) is 0 Å². The summed E-state index contributed by atoms with van der Waals surface area (Å²) in [7, 11) is 0. The van der Waals surface area contributed by atoms with Crippen LogP contribution in [0, 0.1) is 40.4 Å². The molecule has 0 unspecified atom stereocenters. The Balaban J connectivity index is 0.000000327. The number of fused-ring (bicyclic) bond motifs is 5. The van der Waals surface area contributed by atoms with Crippen LogP contribution in [0.25, 0.3) is 0 Å². The van der Waals surface area contributed by atoms with Gasteiger partial charge < -0.3 is 20.4 Å². The van der Waals surface area contributed by atoms with Crippen molar-refractivity contribution >= 4 is 17.7 Å². The average molecular weight is 469 g/mol. The third-order valence-corrected chi connectivity index (χ3v) is 9.49. The van der Waals surface area contributed by atoms with Gasteiger partial charge in [0.05, 0.1) is 6.10 Å². The molecule has 4 fully saturated rings. The summed E-state index contributed by atoms with van der Waals surface area (Å²) in [6.07, 6.45) is 8.28. The van der Waals surface area contributed by atoms with E-state index in [1.807, 2.05) is 0 Å². The van der Waals surface area contributed by atoms with Crippen LogP contribution in [-0.4, -0.2) is 50.9 Å². The fourth-order valence-electron chi connectivity index (χ4n) is 7.65. The fraction of sp³-hybridized carbons (Fsp3) is 0.885. The largest absolute Gasteiger partial charge is 0.481 e. The molecule has 33 heavy (non-hydrogen) atoms. The topological polar surface area (TPSA) is 132 Å². The zero-order chi connectivity index (χ0) is 25.0. The molecule has 0 saturated heterocycles. The molecule has 0 spiro atoms. The smallest absolute Gasteiger partial charge is 0.303 e. The molecule has 0 aromatic carbocycles. The first-order chi connectivity index (χ1) is 15.5. The van der Waals surface area contributed by atoms with Gasteiger partial charge in [0.25, 0.3) is 0 Å². The van der Waals surface area contributed by atoms with Gasteiger partial charge in [0, 0.05) is 37.7 Å². The molecule has 4 saturated carbocycles. The van der Waals surface area contributed by atoms with Crippen LogP contribution < -0.4 is 0 Å². The molecule has 8 atom stereocenters. The molecule has 0 aliphatic heterocycles. The van der Waals surface area contributed by atoms with Crippen LogP contribution in [0.2, 0.25) is 0 Å². The number of aliphatic hydroxyl groups is 2. The van der Waals surface area contributed by atoms with Gasteiger partial charge >= 0.3 is 11.9 Å². The lowest BCUT2D eigenvalue weighted by Gasteiger charge is -2.62. The van der Waals surface area contributed by atoms with Crippen LogP contribution in [0.1, 0.15) is 91.9 Å². The molecule has 0 radical (unpaired) electrons. The van der Waals surface area contributed by atoms with Crippen molar-refractivity contribution in [3.8, 4) is 0 Å². The maximum Gasteiger partial charge on any atom is 0.303 e. The minimum absolute atomic E-state index is 0.0360. The van der Waals surface area contributed by atoms with Crippen LogP contribution >= 0.6 is 0 Å². The van der Waals surface area contributed by atoms with Crippen molar-refractivity contribution < 1.29 is 34.8 Å². The van der Waals surface area contributed by atoms with Gasteiger partial charge in [0.2, 0.25) is 0 Å². The molecule has 4 rings (SSSR count). The molecule has 0 aromatic heterocycles. The van der Waals surface area contributed by atoms with E-state index in [9.17, 15) is 24.6 Å². The molecular formula is C26H44O7. The predicted molar refractivity (Wildman–Crippen MR) is 125 cm³/mol. The maximum atomic E-state index is 12.1. The molecular weight excluding hydrogens is 424 g/mol. The predicted octanol–water partition coefficient (Wildman–Crippen LogP) is 4.14. The molecule has 0 heterocycles.